The number of carbonyl (C=O) groups excluding carboxylic acids is 5. The smallest absolute Gasteiger partial charge is 0.235 e. The highest BCUT2D eigenvalue weighted by Crippen LogP contribution is 2.39. The molecule has 14 nitrogen and oxygen atoms in total. The highest BCUT2D eigenvalue weighted by molar-refractivity contribution is 6.05. The van der Waals surface area contributed by atoms with Gasteiger partial charge >= 0.3 is 0 Å². The molecule has 4 aliphatic heterocycles. The summed E-state index contributed by atoms with van der Waals surface area (Å²) in [6.45, 7) is 1.23. The molecule has 4 aliphatic rings. The van der Waals surface area contributed by atoms with E-state index >= 15 is 0 Å². The quantitative estimate of drug-likeness (QED) is 0.265. The minimum atomic E-state index is -0.731. The summed E-state index contributed by atoms with van der Waals surface area (Å²) in [5.74, 6) is -3.56. The number of nitrogens with zero attached hydrogens (tertiary/aromatic N) is 4. The van der Waals surface area contributed by atoms with Gasteiger partial charge in [-0.05, 0) is 43.5 Å². The maximum Gasteiger partial charge on any atom is 0.235 e. The highest BCUT2D eigenvalue weighted by atomic mass is 16.5. The van der Waals surface area contributed by atoms with Crippen LogP contribution in [-0.2, 0) is 24.0 Å². The van der Waals surface area contributed by atoms with Crippen molar-refractivity contribution in [2.45, 2.75) is 49.7 Å². The second-order valence-electron chi connectivity index (χ2n) is 12.2. The number of amides is 4. The molecule has 0 bridgehead atoms. The number of aromatic nitrogens is 2. The number of Topliss-reactive ketones (excluding diaryl/α,β-unsaturated/α-hetero) is 1. The molecule has 8 rings (SSSR count). The van der Waals surface area contributed by atoms with E-state index in [-0.39, 0.29) is 43.6 Å². The van der Waals surface area contributed by atoms with Crippen LogP contribution in [0.15, 0.2) is 45.4 Å². The molecule has 4 fully saturated rings. The van der Waals surface area contributed by atoms with Crippen molar-refractivity contribution >= 4 is 62.7 Å². The number of hydrogen-bond donors (Lipinski definition) is 3. The lowest BCUT2D eigenvalue weighted by Crippen LogP contribution is -2.59. The number of benzene rings is 2. The maximum atomic E-state index is 13.0. The zero-order valence-corrected chi connectivity index (χ0v) is 23.9. The van der Waals surface area contributed by atoms with Crippen molar-refractivity contribution in [3.8, 4) is 0 Å². The summed E-state index contributed by atoms with van der Waals surface area (Å²) in [4.78, 5) is 66.6. The molecule has 3 N–H and O–H groups in total. The van der Waals surface area contributed by atoms with E-state index in [4.69, 9.17) is 9.05 Å². The Morgan fingerprint density at radius 2 is 1.47 bits per heavy atom. The number of aliphatic hydroxyl groups is 1. The zero-order chi connectivity index (χ0) is 31.0. The molecular formula is C31H28N6O8. The third kappa shape index (κ3) is 4.55. The third-order valence-electron chi connectivity index (χ3n) is 9.46. The Kier molecular flexibility index (Phi) is 6.24. The lowest BCUT2D eigenvalue weighted by molar-refractivity contribution is -0.139. The van der Waals surface area contributed by atoms with Crippen LogP contribution in [0.2, 0.25) is 0 Å². The summed E-state index contributed by atoms with van der Waals surface area (Å²) in [6.07, 6.45) is 0.605. The lowest BCUT2D eigenvalue weighted by atomic mass is 9.80. The summed E-state index contributed by atoms with van der Waals surface area (Å²) < 4.78 is 11.1. The van der Waals surface area contributed by atoms with Gasteiger partial charge in [-0.2, -0.15) is 0 Å². The second-order valence-corrected chi connectivity index (χ2v) is 12.2. The summed E-state index contributed by atoms with van der Waals surface area (Å²) in [5.41, 5.74) is 3.44. The van der Waals surface area contributed by atoms with E-state index in [9.17, 15) is 29.1 Å². The van der Waals surface area contributed by atoms with Crippen molar-refractivity contribution in [2.75, 3.05) is 29.4 Å². The minimum absolute atomic E-state index is 0.0197. The molecular weight excluding hydrogens is 584 g/mol. The van der Waals surface area contributed by atoms with Crippen LogP contribution in [0.4, 0.5) is 11.4 Å². The lowest BCUT2D eigenvalue weighted by Gasteiger charge is -2.43. The van der Waals surface area contributed by atoms with Gasteiger partial charge in [0.15, 0.2) is 16.9 Å². The Balaban J connectivity index is 0.996. The minimum Gasteiger partial charge on any atom is -0.389 e. The number of rotatable bonds is 6. The zero-order valence-electron chi connectivity index (χ0n) is 23.9. The van der Waals surface area contributed by atoms with Gasteiger partial charge in [0.05, 0.1) is 30.5 Å². The first-order chi connectivity index (χ1) is 21.7. The van der Waals surface area contributed by atoms with Crippen molar-refractivity contribution in [3.05, 3.63) is 47.8 Å². The number of imide groups is 2. The number of anilines is 2. The van der Waals surface area contributed by atoms with E-state index in [0.717, 1.165) is 5.69 Å². The third-order valence-corrected chi connectivity index (χ3v) is 9.46. The fraction of sp³-hybridized carbons (Fsp3) is 0.387. The molecule has 4 aromatic rings. The molecule has 0 spiro atoms. The second kappa shape index (κ2) is 10.2. The van der Waals surface area contributed by atoms with Crippen LogP contribution in [0.1, 0.15) is 48.9 Å². The molecule has 2 aromatic heterocycles. The van der Waals surface area contributed by atoms with Gasteiger partial charge < -0.3 is 24.0 Å². The number of fused-ring (bicyclic) bond motifs is 2. The topological polar surface area (TPSA) is 188 Å². The van der Waals surface area contributed by atoms with Crippen LogP contribution in [-0.4, -0.2) is 76.6 Å². The van der Waals surface area contributed by atoms with Crippen LogP contribution in [0.25, 0.3) is 21.9 Å². The Labute approximate surface area is 254 Å². The number of carbonyl (C=O) groups is 5. The number of aliphatic hydroxyl groups excluding tert-OH is 1. The number of piperidine rings is 2. The van der Waals surface area contributed by atoms with Crippen molar-refractivity contribution in [2.24, 2.45) is 5.92 Å². The van der Waals surface area contributed by atoms with E-state index in [1.807, 2.05) is 34.1 Å². The van der Waals surface area contributed by atoms with Gasteiger partial charge in [-0.15, -0.1) is 0 Å². The number of β-amino-alcohol motifs (C(OH)–C–C–N with tert-alkyl or cyclic N) is 1. The Morgan fingerprint density at radius 1 is 0.822 bits per heavy atom. The van der Waals surface area contributed by atoms with E-state index in [0.29, 0.717) is 58.5 Å². The summed E-state index contributed by atoms with van der Waals surface area (Å²) in [5, 5.41) is 24.1. The number of ketones is 1. The van der Waals surface area contributed by atoms with Crippen molar-refractivity contribution in [1.82, 2.24) is 20.9 Å². The van der Waals surface area contributed by atoms with Gasteiger partial charge in [0.1, 0.15) is 11.4 Å². The highest BCUT2D eigenvalue weighted by Gasteiger charge is 2.45. The first kappa shape index (κ1) is 27.4. The molecule has 4 saturated heterocycles. The number of hydrogen-bond acceptors (Lipinski definition) is 12. The Bertz CT molecular complexity index is 1930. The first-order valence-corrected chi connectivity index (χ1v) is 14.9. The maximum absolute atomic E-state index is 13.0. The Morgan fingerprint density at radius 3 is 2.13 bits per heavy atom. The molecule has 230 valence electrons. The SMILES string of the molecule is O=C1CCC(c2noc3cc(N4CC(=O)C4CC4CC(c5noc6cc(N7CC(O)C7)ccc56)C(=O)NC4=O)ccc23)C(=O)N1. The molecule has 45 heavy (non-hydrogen) atoms. The molecule has 0 saturated carbocycles. The molecule has 6 heterocycles. The van der Waals surface area contributed by atoms with E-state index in [2.05, 4.69) is 20.9 Å². The normalized spacial score (nSPS) is 25.8. The summed E-state index contributed by atoms with van der Waals surface area (Å²) in [7, 11) is 0. The van der Waals surface area contributed by atoms with Gasteiger partial charge in [-0.1, -0.05) is 10.3 Å². The summed E-state index contributed by atoms with van der Waals surface area (Å²) >= 11 is 0. The predicted molar refractivity (Wildman–Crippen MR) is 156 cm³/mol. The van der Waals surface area contributed by atoms with Crippen LogP contribution in [0.3, 0.4) is 0 Å². The van der Waals surface area contributed by atoms with E-state index in [1.54, 1.807) is 12.1 Å². The van der Waals surface area contributed by atoms with Gasteiger partial charge in [-0.25, -0.2) is 0 Å². The molecule has 4 unspecified atom stereocenters. The molecule has 4 atom stereocenters. The first-order valence-electron chi connectivity index (χ1n) is 14.9. The average Bonchev–Trinajstić information content (AvgIpc) is 3.61. The average molecular weight is 613 g/mol. The largest absolute Gasteiger partial charge is 0.389 e. The van der Waals surface area contributed by atoms with Gasteiger partial charge in [0, 0.05) is 59.7 Å². The van der Waals surface area contributed by atoms with Crippen LogP contribution in [0.5, 0.6) is 0 Å². The Hall–Kier alpha value is -5.11. The van der Waals surface area contributed by atoms with Gasteiger partial charge in [0.25, 0.3) is 0 Å². The monoisotopic (exact) mass is 612 g/mol. The summed E-state index contributed by atoms with van der Waals surface area (Å²) in [6, 6.07) is 10.3. The molecule has 2 aromatic carbocycles. The van der Waals surface area contributed by atoms with Gasteiger partial charge in [0.2, 0.25) is 23.6 Å². The van der Waals surface area contributed by atoms with E-state index < -0.39 is 41.5 Å². The molecule has 0 radical (unpaired) electrons. The molecule has 4 amide bonds. The van der Waals surface area contributed by atoms with Crippen LogP contribution < -0.4 is 20.4 Å². The predicted octanol–water partition coefficient (Wildman–Crippen LogP) is 1.26. The van der Waals surface area contributed by atoms with Crippen molar-refractivity contribution < 1.29 is 38.1 Å². The standard InChI is InChI=1S/C31H28N6O8/c38-17-11-36(12-17)15-1-3-19-24(9-15)44-35-28(19)21-7-14(29(41)33-31(21)43)8-22-23(39)13-37(22)16-2-4-18-25(10-16)45-34-27(18)20-5-6-26(40)32-30(20)42/h1-4,9-10,14,17,20-22,38H,5-8,11-13H2,(H,32,40,42)(H,33,41,43). The fourth-order valence-electron chi connectivity index (χ4n) is 6.88. The van der Waals surface area contributed by atoms with E-state index in [1.165, 1.54) is 0 Å². The van der Waals surface area contributed by atoms with Crippen molar-refractivity contribution in [3.63, 3.8) is 0 Å². The number of nitrogens with one attached hydrogen (secondary N) is 2. The van der Waals surface area contributed by atoms with Crippen molar-refractivity contribution in [1.29, 1.82) is 0 Å². The molecule has 0 aliphatic carbocycles. The molecule has 14 heteroatoms. The van der Waals surface area contributed by atoms with Gasteiger partial charge in [-0.3, -0.25) is 34.6 Å². The van der Waals surface area contributed by atoms with Crippen LogP contribution in [0, 0.1) is 5.92 Å². The fourth-order valence-corrected chi connectivity index (χ4v) is 6.88. The van der Waals surface area contributed by atoms with Crippen LogP contribution >= 0.6 is 0 Å².